The second-order valence-corrected chi connectivity index (χ2v) is 9.70. The lowest BCUT2D eigenvalue weighted by Crippen LogP contribution is -2.30. The molecule has 3 rings (SSSR count). The van der Waals surface area contributed by atoms with Gasteiger partial charge in [-0.3, -0.25) is 9.59 Å². The molecule has 0 aliphatic heterocycles. The number of carbonyl (C=O) groups excluding carboxylic acids is 2. The largest absolute Gasteiger partial charge is 0.348 e. The molecule has 0 aliphatic carbocycles. The number of hydrogen-bond donors (Lipinski definition) is 2. The average Bonchev–Trinajstić information content (AvgIpc) is 3.32. The van der Waals surface area contributed by atoms with Gasteiger partial charge in [-0.2, -0.15) is 0 Å². The number of nitrogens with one attached hydrogen (secondary N) is 2. The van der Waals surface area contributed by atoms with Crippen molar-refractivity contribution in [2.45, 2.75) is 12.3 Å². The van der Waals surface area contributed by atoms with Gasteiger partial charge in [0.2, 0.25) is 10.0 Å². The van der Waals surface area contributed by atoms with E-state index in [-0.39, 0.29) is 24.1 Å². The standard InChI is InChI=1S/C22H23N3O4S2/c1-23-31(28,29)15-17-11-9-16(10-12-17)14-24-21(26)18-6-3-4-7-19(18)25(2)22(27)20-8-5-13-30-20/h3-13,23H,14-15H2,1-2H3,(H,24,26). The van der Waals surface area contributed by atoms with E-state index in [1.54, 1.807) is 61.6 Å². The van der Waals surface area contributed by atoms with E-state index in [1.807, 2.05) is 11.4 Å². The molecule has 0 saturated carbocycles. The SMILES string of the molecule is CNS(=O)(=O)Cc1ccc(CNC(=O)c2ccccc2N(C)C(=O)c2cccs2)cc1. The Morgan fingerprint density at radius 2 is 1.65 bits per heavy atom. The van der Waals surface area contributed by atoms with Crippen LogP contribution in [0.1, 0.15) is 31.2 Å². The Balaban J connectivity index is 1.68. The summed E-state index contributed by atoms with van der Waals surface area (Å²) in [5.74, 6) is -0.584. The minimum absolute atomic E-state index is 0.103. The van der Waals surface area contributed by atoms with Crippen molar-refractivity contribution in [3.8, 4) is 0 Å². The van der Waals surface area contributed by atoms with Crippen molar-refractivity contribution >= 4 is 38.9 Å². The molecule has 0 unspecified atom stereocenters. The monoisotopic (exact) mass is 457 g/mol. The molecule has 3 aromatic rings. The van der Waals surface area contributed by atoms with Crippen molar-refractivity contribution in [3.63, 3.8) is 0 Å². The van der Waals surface area contributed by atoms with Gasteiger partial charge in [0.05, 0.1) is 21.9 Å². The molecule has 162 valence electrons. The van der Waals surface area contributed by atoms with Crippen LogP contribution in [0, 0.1) is 0 Å². The number of amides is 2. The van der Waals surface area contributed by atoms with E-state index >= 15 is 0 Å². The molecule has 0 saturated heterocycles. The van der Waals surface area contributed by atoms with Crippen LogP contribution in [0.15, 0.2) is 66.0 Å². The van der Waals surface area contributed by atoms with Gasteiger partial charge in [-0.1, -0.05) is 42.5 Å². The van der Waals surface area contributed by atoms with Gasteiger partial charge in [0.15, 0.2) is 0 Å². The topological polar surface area (TPSA) is 95.6 Å². The maximum Gasteiger partial charge on any atom is 0.268 e. The highest BCUT2D eigenvalue weighted by atomic mass is 32.2. The van der Waals surface area contributed by atoms with Crippen molar-refractivity contribution in [1.29, 1.82) is 0 Å². The summed E-state index contributed by atoms with van der Waals surface area (Å²) >= 11 is 1.35. The first-order valence-corrected chi connectivity index (χ1v) is 12.0. The maximum absolute atomic E-state index is 12.8. The van der Waals surface area contributed by atoms with Gasteiger partial charge in [0.1, 0.15) is 0 Å². The number of nitrogens with zero attached hydrogens (tertiary/aromatic N) is 1. The quantitative estimate of drug-likeness (QED) is 0.544. The minimum atomic E-state index is -3.33. The normalized spacial score (nSPS) is 11.2. The zero-order valence-electron chi connectivity index (χ0n) is 17.2. The van der Waals surface area contributed by atoms with Gasteiger partial charge >= 0.3 is 0 Å². The Hall–Kier alpha value is -3.01. The summed E-state index contributed by atoms with van der Waals surface area (Å²) in [6, 6.07) is 17.5. The molecule has 0 atom stereocenters. The van der Waals surface area contributed by atoms with Crippen LogP contribution >= 0.6 is 11.3 Å². The third-order valence-corrected chi connectivity index (χ3v) is 6.88. The van der Waals surface area contributed by atoms with Crippen molar-refractivity contribution < 1.29 is 18.0 Å². The van der Waals surface area contributed by atoms with Crippen LogP contribution < -0.4 is 14.9 Å². The fraction of sp³-hybridized carbons (Fsp3) is 0.182. The van der Waals surface area contributed by atoms with Crippen LogP contribution in [-0.4, -0.2) is 34.3 Å². The summed E-state index contributed by atoms with van der Waals surface area (Å²) in [7, 11) is -0.312. The van der Waals surface area contributed by atoms with Crippen LogP contribution in [0.25, 0.3) is 0 Å². The van der Waals surface area contributed by atoms with Crippen LogP contribution in [0.5, 0.6) is 0 Å². The predicted octanol–water partition coefficient (Wildman–Crippen LogP) is 3.00. The zero-order chi connectivity index (χ0) is 22.4. The molecule has 0 aliphatic rings. The molecular formula is C22H23N3O4S2. The second-order valence-electron chi connectivity index (χ2n) is 6.82. The molecule has 2 amide bonds. The minimum Gasteiger partial charge on any atom is -0.348 e. The number of para-hydroxylation sites is 1. The number of sulfonamides is 1. The Labute approximate surface area is 185 Å². The summed E-state index contributed by atoms with van der Waals surface area (Å²) in [6.45, 7) is 0.273. The number of anilines is 1. The van der Waals surface area contributed by atoms with Crippen LogP contribution in [-0.2, 0) is 22.3 Å². The summed E-state index contributed by atoms with van der Waals surface area (Å²) in [5, 5.41) is 4.69. The molecule has 2 aromatic carbocycles. The number of rotatable bonds is 8. The number of benzene rings is 2. The van der Waals surface area contributed by atoms with Crippen LogP contribution in [0.2, 0.25) is 0 Å². The van der Waals surface area contributed by atoms with E-state index in [0.717, 1.165) is 5.56 Å². The number of thiophene rings is 1. The summed E-state index contributed by atoms with van der Waals surface area (Å²) in [6.07, 6.45) is 0. The highest BCUT2D eigenvalue weighted by Gasteiger charge is 2.20. The van der Waals surface area contributed by atoms with E-state index in [9.17, 15) is 18.0 Å². The maximum atomic E-state index is 12.8. The van der Waals surface area contributed by atoms with Crippen LogP contribution in [0.4, 0.5) is 5.69 Å². The Kier molecular flexibility index (Phi) is 7.21. The first-order chi connectivity index (χ1) is 14.8. The van der Waals surface area contributed by atoms with E-state index in [0.29, 0.717) is 21.7 Å². The molecule has 1 heterocycles. The van der Waals surface area contributed by atoms with Crippen molar-refractivity contribution in [2.24, 2.45) is 0 Å². The third kappa shape index (κ3) is 5.78. The van der Waals surface area contributed by atoms with E-state index < -0.39 is 10.0 Å². The molecule has 0 fully saturated rings. The van der Waals surface area contributed by atoms with E-state index in [2.05, 4.69) is 10.0 Å². The molecule has 9 heteroatoms. The molecule has 7 nitrogen and oxygen atoms in total. The summed E-state index contributed by atoms with van der Waals surface area (Å²) in [5.41, 5.74) is 2.40. The summed E-state index contributed by atoms with van der Waals surface area (Å²) in [4.78, 5) is 27.5. The molecule has 31 heavy (non-hydrogen) atoms. The van der Waals surface area contributed by atoms with Gasteiger partial charge in [-0.05, 0) is 41.8 Å². The van der Waals surface area contributed by atoms with Crippen molar-refractivity contribution in [1.82, 2.24) is 10.0 Å². The number of carbonyl (C=O) groups is 2. The van der Waals surface area contributed by atoms with Crippen LogP contribution in [0.3, 0.4) is 0 Å². The molecule has 1 aromatic heterocycles. The molecule has 0 bridgehead atoms. The predicted molar refractivity (Wildman–Crippen MR) is 123 cm³/mol. The summed E-state index contributed by atoms with van der Waals surface area (Å²) < 4.78 is 25.6. The lowest BCUT2D eigenvalue weighted by atomic mass is 10.1. The zero-order valence-corrected chi connectivity index (χ0v) is 18.8. The number of hydrogen-bond acceptors (Lipinski definition) is 5. The first-order valence-electron chi connectivity index (χ1n) is 9.48. The van der Waals surface area contributed by atoms with Gasteiger partial charge in [-0.15, -0.1) is 11.3 Å². The third-order valence-electron chi connectivity index (χ3n) is 4.69. The van der Waals surface area contributed by atoms with Gasteiger partial charge < -0.3 is 10.2 Å². The Bertz CT molecular complexity index is 1160. The molecule has 2 N–H and O–H groups in total. The fourth-order valence-electron chi connectivity index (χ4n) is 2.96. The molecule has 0 spiro atoms. The van der Waals surface area contributed by atoms with E-state index in [4.69, 9.17) is 0 Å². The molecular weight excluding hydrogens is 434 g/mol. The van der Waals surface area contributed by atoms with Crippen molar-refractivity contribution in [3.05, 3.63) is 87.6 Å². The lowest BCUT2D eigenvalue weighted by Gasteiger charge is -2.20. The van der Waals surface area contributed by atoms with Gasteiger partial charge in [-0.25, -0.2) is 13.1 Å². The van der Waals surface area contributed by atoms with Crippen molar-refractivity contribution in [2.75, 3.05) is 19.0 Å². The lowest BCUT2D eigenvalue weighted by molar-refractivity contribution is 0.0951. The highest BCUT2D eigenvalue weighted by Crippen LogP contribution is 2.22. The Morgan fingerprint density at radius 3 is 2.29 bits per heavy atom. The van der Waals surface area contributed by atoms with Gasteiger partial charge in [0, 0.05) is 13.6 Å². The Morgan fingerprint density at radius 1 is 0.968 bits per heavy atom. The van der Waals surface area contributed by atoms with Gasteiger partial charge in [0.25, 0.3) is 11.8 Å². The second kappa shape index (κ2) is 9.86. The molecule has 0 radical (unpaired) electrons. The first kappa shape index (κ1) is 22.7. The smallest absolute Gasteiger partial charge is 0.268 e. The highest BCUT2D eigenvalue weighted by molar-refractivity contribution is 7.88. The average molecular weight is 458 g/mol. The van der Waals surface area contributed by atoms with E-state index in [1.165, 1.54) is 23.3 Å². The fourth-order valence-corrected chi connectivity index (χ4v) is 4.43.